The van der Waals surface area contributed by atoms with Gasteiger partial charge in [0.2, 0.25) is 0 Å². The standard InChI is InChI=1S/C14H18N2OS/c17-14(11-3-1-2-4-13(11)18)15-12-9-16-7-5-10(12)6-8-16/h1-4,10,12,18H,5-9H2,(H,15,17). The van der Waals surface area contributed by atoms with Crippen LogP contribution in [0, 0.1) is 5.92 Å². The molecule has 3 aliphatic heterocycles. The second kappa shape index (κ2) is 4.94. The van der Waals surface area contributed by atoms with Crippen molar-refractivity contribution in [2.75, 3.05) is 19.6 Å². The summed E-state index contributed by atoms with van der Waals surface area (Å²) in [6.07, 6.45) is 2.43. The number of benzene rings is 1. The van der Waals surface area contributed by atoms with Gasteiger partial charge in [0.05, 0.1) is 5.56 Å². The van der Waals surface area contributed by atoms with E-state index in [4.69, 9.17) is 0 Å². The van der Waals surface area contributed by atoms with Crippen LogP contribution in [0.4, 0.5) is 0 Å². The molecule has 18 heavy (non-hydrogen) atoms. The van der Waals surface area contributed by atoms with E-state index in [1.807, 2.05) is 24.3 Å². The Morgan fingerprint density at radius 2 is 2.00 bits per heavy atom. The van der Waals surface area contributed by atoms with Crippen molar-refractivity contribution in [1.82, 2.24) is 10.2 Å². The lowest BCUT2D eigenvalue weighted by Gasteiger charge is -2.44. The van der Waals surface area contributed by atoms with Gasteiger partial charge >= 0.3 is 0 Å². The van der Waals surface area contributed by atoms with Gasteiger partial charge in [-0.2, -0.15) is 0 Å². The third-order valence-corrected chi connectivity index (χ3v) is 4.51. The van der Waals surface area contributed by atoms with Crippen molar-refractivity contribution < 1.29 is 4.79 Å². The Morgan fingerprint density at radius 3 is 2.61 bits per heavy atom. The van der Waals surface area contributed by atoms with E-state index >= 15 is 0 Å². The molecule has 1 amide bonds. The number of nitrogens with zero attached hydrogens (tertiary/aromatic N) is 1. The molecule has 1 aromatic carbocycles. The maximum atomic E-state index is 12.2. The molecule has 3 saturated heterocycles. The van der Waals surface area contributed by atoms with Gasteiger partial charge in [-0.15, -0.1) is 12.6 Å². The molecule has 96 valence electrons. The second-order valence-corrected chi connectivity index (χ2v) is 5.72. The molecule has 3 aliphatic rings. The Labute approximate surface area is 113 Å². The van der Waals surface area contributed by atoms with Crippen molar-refractivity contribution in [2.45, 2.75) is 23.8 Å². The first-order valence-electron chi connectivity index (χ1n) is 6.55. The van der Waals surface area contributed by atoms with Crippen LogP contribution in [0.25, 0.3) is 0 Å². The highest BCUT2D eigenvalue weighted by atomic mass is 32.1. The summed E-state index contributed by atoms with van der Waals surface area (Å²) in [5.74, 6) is 0.672. The quantitative estimate of drug-likeness (QED) is 0.797. The van der Waals surface area contributed by atoms with E-state index in [1.54, 1.807) is 0 Å². The maximum absolute atomic E-state index is 12.2. The van der Waals surface area contributed by atoms with E-state index < -0.39 is 0 Å². The minimum absolute atomic E-state index is 0.0133. The molecule has 2 bridgehead atoms. The average molecular weight is 262 g/mol. The van der Waals surface area contributed by atoms with Crippen LogP contribution in [0.5, 0.6) is 0 Å². The number of carbonyl (C=O) groups excluding carboxylic acids is 1. The molecule has 0 aromatic heterocycles. The Morgan fingerprint density at radius 1 is 1.28 bits per heavy atom. The molecule has 4 rings (SSSR count). The predicted octanol–water partition coefficient (Wildman–Crippen LogP) is 1.80. The summed E-state index contributed by atoms with van der Waals surface area (Å²) in [4.78, 5) is 15.4. The smallest absolute Gasteiger partial charge is 0.252 e. The Balaban J connectivity index is 1.70. The fourth-order valence-electron chi connectivity index (χ4n) is 3.04. The van der Waals surface area contributed by atoms with E-state index in [-0.39, 0.29) is 5.91 Å². The van der Waals surface area contributed by atoms with Crippen molar-refractivity contribution in [3.8, 4) is 0 Å². The number of nitrogens with one attached hydrogen (secondary N) is 1. The summed E-state index contributed by atoms with van der Waals surface area (Å²) in [5, 5.41) is 3.18. The highest BCUT2D eigenvalue weighted by Crippen LogP contribution is 2.27. The molecular weight excluding hydrogens is 244 g/mol. The van der Waals surface area contributed by atoms with Gasteiger partial charge in [-0.05, 0) is 44.0 Å². The minimum Gasteiger partial charge on any atom is -0.348 e. The van der Waals surface area contributed by atoms with Gasteiger partial charge in [-0.25, -0.2) is 0 Å². The molecular formula is C14H18N2OS. The number of fused-ring (bicyclic) bond motifs is 3. The van der Waals surface area contributed by atoms with Crippen molar-refractivity contribution in [2.24, 2.45) is 5.92 Å². The Kier molecular flexibility index (Phi) is 3.31. The molecule has 3 nitrogen and oxygen atoms in total. The number of hydrogen-bond donors (Lipinski definition) is 2. The predicted molar refractivity (Wildman–Crippen MR) is 74.1 cm³/mol. The molecule has 1 N–H and O–H groups in total. The first-order chi connectivity index (χ1) is 8.74. The van der Waals surface area contributed by atoms with Crippen LogP contribution in [0.3, 0.4) is 0 Å². The van der Waals surface area contributed by atoms with E-state index in [0.29, 0.717) is 17.5 Å². The number of amides is 1. The lowest BCUT2D eigenvalue weighted by molar-refractivity contribution is 0.0619. The van der Waals surface area contributed by atoms with Crippen LogP contribution in [0.1, 0.15) is 23.2 Å². The molecule has 1 unspecified atom stereocenters. The lowest BCUT2D eigenvalue weighted by atomic mass is 9.84. The Bertz CT molecular complexity index is 455. The SMILES string of the molecule is O=C(NC1CN2CCC1CC2)c1ccccc1S. The van der Waals surface area contributed by atoms with Crippen LogP contribution >= 0.6 is 12.6 Å². The highest BCUT2D eigenvalue weighted by Gasteiger charge is 2.35. The zero-order valence-electron chi connectivity index (χ0n) is 10.3. The molecule has 0 spiro atoms. The van der Waals surface area contributed by atoms with Gasteiger partial charge in [0.25, 0.3) is 5.91 Å². The zero-order chi connectivity index (χ0) is 12.5. The van der Waals surface area contributed by atoms with Gasteiger partial charge < -0.3 is 10.2 Å². The van der Waals surface area contributed by atoms with Crippen LogP contribution in [0.2, 0.25) is 0 Å². The molecule has 1 aromatic rings. The summed E-state index contributed by atoms with van der Waals surface area (Å²) in [7, 11) is 0. The van der Waals surface area contributed by atoms with Crippen LogP contribution < -0.4 is 5.32 Å². The van der Waals surface area contributed by atoms with E-state index in [9.17, 15) is 4.79 Å². The number of carbonyl (C=O) groups is 1. The average Bonchev–Trinajstić information content (AvgIpc) is 2.40. The normalized spacial score (nSPS) is 30.2. The fraction of sp³-hybridized carbons (Fsp3) is 0.500. The molecule has 3 fully saturated rings. The van der Waals surface area contributed by atoms with Gasteiger partial charge in [0.15, 0.2) is 0 Å². The van der Waals surface area contributed by atoms with Gasteiger partial charge in [-0.1, -0.05) is 12.1 Å². The Hall–Kier alpha value is -1.00. The van der Waals surface area contributed by atoms with E-state index in [0.717, 1.165) is 11.4 Å². The molecule has 0 aliphatic carbocycles. The monoisotopic (exact) mass is 262 g/mol. The first kappa shape index (κ1) is 12.1. The number of rotatable bonds is 2. The van der Waals surface area contributed by atoms with Crippen molar-refractivity contribution in [3.63, 3.8) is 0 Å². The van der Waals surface area contributed by atoms with Crippen LogP contribution in [-0.4, -0.2) is 36.5 Å². The number of piperidine rings is 3. The van der Waals surface area contributed by atoms with Crippen molar-refractivity contribution >= 4 is 18.5 Å². The second-order valence-electron chi connectivity index (χ2n) is 5.24. The summed E-state index contributed by atoms with van der Waals surface area (Å²) in [5.41, 5.74) is 0.678. The van der Waals surface area contributed by atoms with Crippen LogP contribution in [-0.2, 0) is 0 Å². The molecule has 0 saturated carbocycles. The zero-order valence-corrected chi connectivity index (χ0v) is 11.2. The topological polar surface area (TPSA) is 32.3 Å². The minimum atomic E-state index is 0.0133. The van der Waals surface area contributed by atoms with Gasteiger partial charge in [0.1, 0.15) is 0 Å². The summed E-state index contributed by atoms with van der Waals surface area (Å²) >= 11 is 4.34. The van der Waals surface area contributed by atoms with E-state index in [2.05, 4.69) is 22.8 Å². The summed E-state index contributed by atoms with van der Waals surface area (Å²) < 4.78 is 0. The number of thiol groups is 1. The van der Waals surface area contributed by atoms with Crippen molar-refractivity contribution in [3.05, 3.63) is 29.8 Å². The molecule has 3 heterocycles. The third kappa shape index (κ3) is 2.27. The first-order valence-corrected chi connectivity index (χ1v) is 7.00. The maximum Gasteiger partial charge on any atom is 0.252 e. The summed E-state index contributed by atoms with van der Waals surface area (Å²) in [6, 6.07) is 7.78. The summed E-state index contributed by atoms with van der Waals surface area (Å²) in [6.45, 7) is 3.39. The third-order valence-electron chi connectivity index (χ3n) is 4.12. The van der Waals surface area contributed by atoms with Crippen molar-refractivity contribution in [1.29, 1.82) is 0 Å². The lowest BCUT2D eigenvalue weighted by Crippen LogP contribution is -2.57. The van der Waals surface area contributed by atoms with E-state index in [1.165, 1.54) is 25.9 Å². The fourth-order valence-corrected chi connectivity index (χ4v) is 3.30. The van der Waals surface area contributed by atoms with Gasteiger partial charge in [-0.3, -0.25) is 4.79 Å². The largest absolute Gasteiger partial charge is 0.348 e. The number of hydrogen-bond acceptors (Lipinski definition) is 3. The van der Waals surface area contributed by atoms with Gasteiger partial charge in [0, 0.05) is 17.5 Å². The highest BCUT2D eigenvalue weighted by molar-refractivity contribution is 7.80. The molecule has 4 heteroatoms. The molecule has 0 radical (unpaired) electrons. The molecule has 1 atom stereocenters. The van der Waals surface area contributed by atoms with Crippen LogP contribution in [0.15, 0.2) is 29.2 Å².